The molecule has 3 aliphatic heterocycles. The highest BCUT2D eigenvalue weighted by Gasteiger charge is 2.43. The topological polar surface area (TPSA) is 55.9 Å². The molecule has 1 aromatic rings. The van der Waals surface area contributed by atoms with E-state index in [1.54, 1.807) is 0 Å². The van der Waals surface area contributed by atoms with Gasteiger partial charge in [-0.1, -0.05) is 17.7 Å². The Balaban J connectivity index is 1.48. The smallest absolute Gasteiger partial charge is 0.232 e. The number of rotatable bonds is 2. The van der Waals surface area contributed by atoms with Crippen molar-refractivity contribution in [1.29, 1.82) is 0 Å². The second-order valence-electron chi connectivity index (χ2n) is 8.60. The second kappa shape index (κ2) is 6.91. The molecule has 2 fully saturated rings. The van der Waals surface area contributed by atoms with Crippen LogP contribution >= 0.6 is 0 Å². The molecule has 0 bridgehead atoms. The van der Waals surface area contributed by atoms with Crippen LogP contribution in [0.5, 0.6) is 0 Å². The molecule has 1 N–H and O–H groups in total. The van der Waals surface area contributed by atoms with Crippen molar-refractivity contribution in [2.24, 2.45) is 0 Å². The third kappa shape index (κ3) is 3.36. The number of carbonyl (C=O) groups excluding carboxylic acids is 2. The zero-order valence-electron chi connectivity index (χ0n) is 16.6. The Morgan fingerprint density at radius 3 is 2.67 bits per heavy atom. The first-order valence-electron chi connectivity index (χ1n) is 9.97. The number of likely N-dealkylation sites (N-methyl/N-ethyl adjacent to an activating group) is 1. The van der Waals surface area contributed by atoms with E-state index in [1.807, 2.05) is 30.0 Å². The Morgan fingerprint density at radius 2 is 1.93 bits per heavy atom. The molecule has 3 aliphatic rings. The van der Waals surface area contributed by atoms with Gasteiger partial charge in [0.1, 0.15) is 0 Å². The zero-order valence-corrected chi connectivity index (χ0v) is 16.6. The molecule has 27 heavy (non-hydrogen) atoms. The van der Waals surface area contributed by atoms with Gasteiger partial charge < -0.3 is 15.1 Å². The van der Waals surface area contributed by atoms with E-state index in [9.17, 15) is 9.59 Å². The summed E-state index contributed by atoms with van der Waals surface area (Å²) in [7, 11) is 4.35. The van der Waals surface area contributed by atoms with Gasteiger partial charge in [0, 0.05) is 37.3 Å². The number of hydrogen-bond donors (Lipinski definition) is 1. The molecule has 0 saturated carbocycles. The minimum absolute atomic E-state index is 0.0490. The quantitative estimate of drug-likeness (QED) is 0.860. The lowest BCUT2D eigenvalue weighted by molar-refractivity contribution is -0.139. The van der Waals surface area contributed by atoms with Crippen molar-refractivity contribution in [3.63, 3.8) is 0 Å². The molecule has 0 aromatic heterocycles. The Morgan fingerprint density at radius 1 is 1.19 bits per heavy atom. The fourth-order valence-electron chi connectivity index (χ4n) is 4.80. The number of anilines is 1. The van der Waals surface area contributed by atoms with E-state index in [0.717, 1.165) is 62.4 Å². The Hall–Kier alpha value is -1.92. The van der Waals surface area contributed by atoms with E-state index in [2.05, 4.69) is 29.2 Å². The van der Waals surface area contributed by atoms with Crippen molar-refractivity contribution in [2.75, 3.05) is 52.1 Å². The number of nitrogens with one attached hydrogen (secondary N) is 1. The first-order valence-corrected chi connectivity index (χ1v) is 9.97. The molecule has 1 atom stereocenters. The predicted molar refractivity (Wildman–Crippen MR) is 106 cm³/mol. The van der Waals surface area contributed by atoms with Crippen molar-refractivity contribution >= 4 is 17.5 Å². The average molecular weight is 370 g/mol. The van der Waals surface area contributed by atoms with Gasteiger partial charge in [0.05, 0.1) is 5.92 Å². The highest BCUT2D eigenvalue weighted by atomic mass is 16.2. The van der Waals surface area contributed by atoms with Gasteiger partial charge in [-0.15, -0.1) is 0 Å². The molecule has 2 amide bonds. The van der Waals surface area contributed by atoms with Gasteiger partial charge in [-0.3, -0.25) is 14.5 Å². The lowest BCUT2D eigenvalue weighted by Gasteiger charge is -2.52. The highest BCUT2D eigenvalue weighted by Crippen LogP contribution is 2.37. The lowest BCUT2D eigenvalue weighted by atomic mass is 9.83. The maximum Gasteiger partial charge on any atom is 0.232 e. The third-order valence-electron chi connectivity index (χ3n) is 6.81. The first kappa shape index (κ1) is 18.4. The number of likely N-dealkylation sites (tertiary alicyclic amines) is 1. The summed E-state index contributed by atoms with van der Waals surface area (Å²) in [4.78, 5) is 32.4. The summed E-state index contributed by atoms with van der Waals surface area (Å²) >= 11 is 0. The van der Waals surface area contributed by atoms with Gasteiger partial charge in [-0.2, -0.15) is 0 Å². The molecule has 146 valence electrons. The van der Waals surface area contributed by atoms with Crippen LogP contribution in [0, 0.1) is 6.92 Å². The molecular weight excluding hydrogens is 340 g/mol. The van der Waals surface area contributed by atoms with Gasteiger partial charge in [0.15, 0.2) is 0 Å². The van der Waals surface area contributed by atoms with Gasteiger partial charge in [-0.25, -0.2) is 0 Å². The standard InChI is InChI=1S/C21H30N4O2/c1-15-4-5-18-16(12-15)17(20(27)22-18)13-19(26)25-11-10-24(3)21(14-25)6-8-23(2)9-7-21/h4-5,12,17H,6-11,13-14H2,1-3H3,(H,22,27). The van der Waals surface area contributed by atoms with Crippen LogP contribution in [0.1, 0.15) is 36.3 Å². The molecule has 1 spiro atoms. The summed E-state index contributed by atoms with van der Waals surface area (Å²) in [5, 5.41) is 2.93. The summed E-state index contributed by atoms with van der Waals surface area (Å²) in [5.74, 6) is -0.302. The largest absolute Gasteiger partial charge is 0.340 e. The van der Waals surface area contributed by atoms with E-state index < -0.39 is 0 Å². The molecule has 3 heterocycles. The summed E-state index contributed by atoms with van der Waals surface area (Å²) in [6, 6.07) is 5.97. The van der Waals surface area contributed by atoms with E-state index in [4.69, 9.17) is 0 Å². The van der Waals surface area contributed by atoms with Crippen molar-refractivity contribution < 1.29 is 9.59 Å². The summed E-state index contributed by atoms with van der Waals surface area (Å²) in [6.45, 7) is 6.61. The van der Waals surface area contributed by atoms with Crippen LogP contribution in [0.2, 0.25) is 0 Å². The van der Waals surface area contributed by atoms with E-state index in [-0.39, 0.29) is 29.7 Å². The van der Waals surface area contributed by atoms with Gasteiger partial charge in [-0.05, 0) is 58.6 Å². The van der Waals surface area contributed by atoms with E-state index >= 15 is 0 Å². The van der Waals surface area contributed by atoms with Crippen LogP contribution in [0.15, 0.2) is 18.2 Å². The molecule has 6 nitrogen and oxygen atoms in total. The van der Waals surface area contributed by atoms with Gasteiger partial charge >= 0.3 is 0 Å². The Bertz CT molecular complexity index is 755. The average Bonchev–Trinajstić information content (AvgIpc) is 2.95. The number of nitrogens with zero attached hydrogens (tertiary/aromatic N) is 3. The molecule has 2 saturated heterocycles. The number of benzene rings is 1. The van der Waals surface area contributed by atoms with Crippen molar-refractivity contribution in [3.05, 3.63) is 29.3 Å². The highest BCUT2D eigenvalue weighted by molar-refractivity contribution is 6.05. The van der Waals surface area contributed by atoms with Gasteiger partial charge in [0.2, 0.25) is 11.8 Å². The first-order chi connectivity index (χ1) is 12.9. The van der Waals surface area contributed by atoms with Crippen LogP contribution in [-0.2, 0) is 9.59 Å². The predicted octanol–water partition coefficient (Wildman–Crippen LogP) is 1.66. The van der Waals surface area contributed by atoms with Crippen LogP contribution in [0.4, 0.5) is 5.69 Å². The molecule has 0 radical (unpaired) electrons. The fraction of sp³-hybridized carbons (Fsp3) is 0.619. The number of piperazine rings is 1. The normalized spacial score (nSPS) is 25.5. The van der Waals surface area contributed by atoms with Crippen molar-refractivity contribution in [2.45, 2.75) is 37.6 Å². The maximum atomic E-state index is 13.1. The number of amides is 2. The molecule has 1 aromatic carbocycles. The SMILES string of the molecule is Cc1ccc2c(c1)C(CC(=O)N1CCN(C)C3(CCN(C)CC3)C1)C(=O)N2. The number of hydrogen-bond acceptors (Lipinski definition) is 4. The molecular formula is C21H30N4O2. The maximum absolute atomic E-state index is 13.1. The lowest BCUT2D eigenvalue weighted by Crippen LogP contribution is -2.65. The Kier molecular flexibility index (Phi) is 4.72. The fourth-order valence-corrected chi connectivity index (χ4v) is 4.80. The van der Waals surface area contributed by atoms with E-state index in [0.29, 0.717) is 0 Å². The Labute approximate surface area is 161 Å². The molecule has 4 rings (SSSR count). The minimum Gasteiger partial charge on any atom is -0.340 e. The van der Waals surface area contributed by atoms with E-state index in [1.165, 1.54) is 0 Å². The second-order valence-corrected chi connectivity index (χ2v) is 8.60. The van der Waals surface area contributed by atoms with Crippen LogP contribution in [0.25, 0.3) is 0 Å². The zero-order chi connectivity index (χ0) is 19.2. The van der Waals surface area contributed by atoms with Crippen LogP contribution < -0.4 is 5.32 Å². The van der Waals surface area contributed by atoms with Crippen molar-refractivity contribution in [3.8, 4) is 0 Å². The number of piperidine rings is 1. The summed E-state index contributed by atoms with van der Waals surface area (Å²) in [5.41, 5.74) is 3.03. The van der Waals surface area contributed by atoms with Crippen LogP contribution in [0.3, 0.4) is 0 Å². The van der Waals surface area contributed by atoms with Gasteiger partial charge in [0.25, 0.3) is 0 Å². The minimum atomic E-state index is -0.361. The number of fused-ring (bicyclic) bond motifs is 1. The molecule has 6 heteroatoms. The number of aryl methyl sites for hydroxylation is 1. The van der Waals surface area contributed by atoms with Crippen molar-refractivity contribution in [1.82, 2.24) is 14.7 Å². The summed E-state index contributed by atoms with van der Waals surface area (Å²) < 4.78 is 0. The third-order valence-corrected chi connectivity index (χ3v) is 6.81. The monoisotopic (exact) mass is 370 g/mol. The summed E-state index contributed by atoms with van der Waals surface area (Å²) in [6.07, 6.45) is 2.45. The molecule has 1 unspecified atom stereocenters. The number of carbonyl (C=O) groups is 2. The van der Waals surface area contributed by atoms with Crippen LogP contribution in [-0.4, -0.2) is 78.9 Å². The molecule has 0 aliphatic carbocycles.